The molecule has 2 rings (SSSR count). The number of rotatable bonds is 3. The number of amides is 2. The fourth-order valence-electron chi connectivity index (χ4n) is 1.30. The summed E-state index contributed by atoms with van der Waals surface area (Å²) in [7, 11) is 2.83. The van der Waals surface area contributed by atoms with E-state index in [1.807, 2.05) is 0 Å². The Bertz CT molecular complexity index is 472. The highest BCUT2D eigenvalue weighted by Crippen LogP contribution is 2.22. The van der Waals surface area contributed by atoms with E-state index in [-0.39, 0.29) is 17.7 Å². The molecule has 0 aromatic carbocycles. The molecule has 88 valence electrons. The third-order valence-electron chi connectivity index (χ3n) is 2.09. The van der Waals surface area contributed by atoms with E-state index in [1.165, 1.54) is 20.3 Å². The molecule has 1 aromatic heterocycles. The number of ether oxygens (including phenoxy) is 2. The van der Waals surface area contributed by atoms with Crippen molar-refractivity contribution in [3.8, 4) is 11.8 Å². The molecule has 7 nitrogen and oxygen atoms in total. The van der Waals surface area contributed by atoms with Crippen LogP contribution in [0.15, 0.2) is 18.2 Å². The fraction of sp³-hybridized carbons (Fsp3) is 0.200. The first-order valence-corrected chi connectivity index (χ1v) is 4.69. The van der Waals surface area contributed by atoms with Crippen molar-refractivity contribution in [3.63, 3.8) is 0 Å². The Labute approximate surface area is 96.7 Å². The van der Waals surface area contributed by atoms with Crippen molar-refractivity contribution in [1.29, 1.82) is 0 Å². The first kappa shape index (κ1) is 11.1. The Morgan fingerprint density at radius 1 is 1.00 bits per heavy atom. The average molecular weight is 235 g/mol. The second kappa shape index (κ2) is 4.20. The lowest BCUT2D eigenvalue weighted by molar-refractivity contribution is -0.120. The number of imide groups is 1. The number of carbonyl (C=O) groups is 2. The molecule has 0 atom stereocenters. The predicted octanol–water partition coefficient (Wildman–Crippen LogP) is -0.0768. The van der Waals surface area contributed by atoms with Gasteiger partial charge in [0.2, 0.25) is 17.7 Å². The maximum absolute atomic E-state index is 11.4. The summed E-state index contributed by atoms with van der Waals surface area (Å²) >= 11 is 0. The molecule has 1 aromatic rings. The Hall–Kier alpha value is -2.44. The van der Waals surface area contributed by atoms with Gasteiger partial charge in [0.1, 0.15) is 0 Å². The van der Waals surface area contributed by atoms with Gasteiger partial charge in [0.15, 0.2) is 0 Å². The second-order valence-electron chi connectivity index (χ2n) is 3.10. The van der Waals surface area contributed by atoms with E-state index in [0.29, 0.717) is 0 Å². The Morgan fingerprint density at radius 3 is 1.88 bits per heavy atom. The fourth-order valence-corrected chi connectivity index (χ4v) is 1.30. The van der Waals surface area contributed by atoms with Crippen LogP contribution in [0.4, 0.5) is 5.95 Å². The van der Waals surface area contributed by atoms with Crippen LogP contribution in [0.25, 0.3) is 0 Å². The molecule has 1 aliphatic rings. The van der Waals surface area contributed by atoms with Crippen molar-refractivity contribution in [3.05, 3.63) is 18.2 Å². The van der Waals surface area contributed by atoms with Gasteiger partial charge in [-0.25, -0.2) is 4.90 Å². The molecule has 0 spiro atoms. The molecular weight excluding hydrogens is 226 g/mol. The Kier molecular flexibility index (Phi) is 2.73. The SMILES string of the molecule is COc1cc(OC)nc(N2C(=O)C=CC2=O)n1. The van der Waals surface area contributed by atoms with Gasteiger partial charge in [0, 0.05) is 12.2 Å². The summed E-state index contributed by atoms with van der Waals surface area (Å²) in [6, 6.07) is 1.45. The molecule has 0 saturated carbocycles. The highest BCUT2D eigenvalue weighted by Gasteiger charge is 2.28. The first-order chi connectivity index (χ1) is 8.15. The summed E-state index contributed by atoms with van der Waals surface area (Å²) in [5.41, 5.74) is 0. The standard InChI is InChI=1S/C10H9N3O4/c1-16-6-5-7(17-2)12-10(11-6)13-8(14)3-4-9(13)15/h3-5H,1-2H3. The van der Waals surface area contributed by atoms with Crippen LogP contribution >= 0.6 is 0 Å². The Morgan fingerprint density at radius 2 is 1.47 bits per heavy atom. The van der Waals surface area contributed by atoms with Gasteiger partial charge in [0.05, 0.1) is 20.3 Å². The maximum atomic E-state index is 11.4. The van der Waals surface area contributed by atoms with Gasteiger partial charge in [0.25, 0.3) is 11.8 Å². The molecule has 0 bridgehead atoms. The number of carbonyl (C=O) groups excluding carboxylic acids is 2. The van der Waals surface area contributed by atoms with Crippen LogP contribution < -0.4 is 14.4 Å². The summed E-state index contributed by atoms with van der Waals surface area (Å²) in [6.07, 6.45) is 2.30. The molecule has 0 fully saturated rings. The lowest BCUT2D eigenvalue weighted by atomic mass is 10.5. The summed E-state index contributed by atoms with van der Waals surface area (Å²) in [6.45, 7) is 0. The maximum Gasteiger partial charge on any atom is 0.260 e. The lowest BCUT2D eigenvalue weighted by Crippen LogP contribution is -2.31. The van der Waals surface area contributed by atoms with Crippen molar-refractivity contribution in [2.24, 2.45) is 0 Å². The monoisotopic (exact) mass is 235 g/mol. The van der Waals surface area contributed by atoms with Crippen LogP contribution in [0.5, 0.6) is 11.8 Å². The minimum atomic E-state index is -0.495. The highest BCUT2D eigenvalue weighted by atomic mass is 16.5. The smallest absolute Gasteiger partial charge is 0.260 e. The van der Waals surface area contributed by atoms with Gasteiger partial charge < -0.3 is 9.47 Å². The largest absolute Gasteiger partial charge is 0.481 e. The topological polar surface area (TPSA) is 81.6 Å². The van der Waals surface area contributed by atoms with Gasteiger partial charge in [-0.15, -0.1) is 0 Å². The Balaban J connectivity index is 2.44. The zero-order valence-corrected chi connectivity index (χ0v) is 9.21. The minimum Gasteiger partial charge on any atom is -0.481 e. The molecule has 0 N–H and O–H groups in total. The van der Waals surface area contributed by atoms with Crippen LogP contribution in [-0.2, 0) is 9.59 Å². The van der Waals surface area contributed by atoms with Crippen LogP contribution in [0.3, 0.4) is 0 Å². The molecule has 0 unspecified atom stereocenters. The number of nitrogens with zero attached hydrogens (tertiary/aromatic N) is 3. The van der Waals surface area contributed by atoms with Gasteiger partial charge in [-0.2, -0.15) is 9.97 Å². The van der Waals surface area contributed by atoms with E-state index >= 15 is 0 Å². The predicted molar refractivity (Wildman–Crippen MR) is 56.8 cm³/mol. The number of aromatic nitrogens is 2. The van der Waals surface area contributed by atoms with Gasteiger partial charge in [-0.05, 0) is 0 Å². The first-order valence-electron chi connectivity index (χ1n) is 4.69. The van der Waals surface area contributed by atoms with Crippen LogP contribution in [0.1, 0.15) is 0 Å². The molecule has 2 heterocycles. The summed E-state index contributed by atoms with van der Waals surface area (Å²) in [5, 5.41) is 0. The van der Waals surface area contributed by atoms with Crippen molar-refractivity contribution in [2.45, 2.75) is 0 Å². The van der Waals surface area contributed by atoms with Crippen LogP contribution in [-0.4, -0.2) is 36.0 Å². The lowest BCUT2D eigenvalue weighted by Gasteiger charge is -2.13. The van der Waals surface area contributed by atoms with Gasteiger partial charge in [-0.1, -0.05) is 0 Å². The summed E-state index contributed by atoms with van der Waals surface area (Å²) in [4.78, 5) is 31.5. The van der Waals surface area contributed by atoms with E-state index in [2.05, 4.69) is 9.97 Å². The van der Waals surface area contributed by atoms with E-state index in [9.17, 15) is 9.59 Å². The number of anilines is 1. The highest BCUT2D eigenvalue weighted by molar-refractivity contribution is 6.27. The molecule has 7 heteroatoms. The van der Waals surface area contributed by atoms with Crippen molar-refractivity contribution < 1.29 is 19.1 Å². The third-order valence-corrected chi connectivity index (χ3v) is 2.09. The summed E-state index contributed by atoms with van der Waals surface area (Å²) < 4.78 is 9.85. The van der Waals surface area contributed by atoms with E-state index in [1.54, 1.807) is 0 Å². The second-order valence-corrected chi connectivity index (χ2v) is 3.10. The van der Waals surface area contributed by atoms with Crippen LogP contribution in [0, 0.1) is 0 Å². The molecule has 2 amide bonds. The van der Waals surface area contributed by atoms with Crippen molar-refractivity contribution in [1.82, 2.24) is 9.97 Å². The van der Waals surface area contributed by atoms with Crippen molar-refractivity contribution in [2.75, 3.05) is 19.1 Å². The molecular formula is C10H9N3O4. The molecule has 17 heavy (non-hydrogen) atoms. The average Bonchev–Trinajstić information content (AvgIpc) is 2.68. The van der Waals surface area contributed by atoms with Crippen molar-refractivity contribution >= 4 is 17.8 Å². The van der Waals surface area contributed by atoms with E-state index in [4.69, 9.17) is 9.47 Å². The molecule has 0 aliphatic carbocycles. The van der Waals surface area contributed by atoms with E-state index in [0.717, 1.165) is 17.1 Å². The molecule has 1 aliphatic heterocycles. The zero-order valence-electron chi connectivity index (χ0n) is 9.21. The number of hydrogen-bond acceptors (Lipinski definition) is 6. The number of hydrogen-bond donors (Lipinski definition) is 0. The molecule has 0 radical (unpaired) electrons. The molecule has 0 saturated heterocycles. The van der Waals surface area contributed by atoms with Gasteiger partial charge in [-0.3, -0.25) is 9.59 Å². The van der Waals surface area contributed by atoms with E-state index < -0.39 is 11.8 Å². The zero-order chi connectivity index (χ0) is 12.4. The van der Waals surface area contributed by atoms with Crippen LogP contribution in [0.2, 0.25) is 0 Å². The third kappa shape index (κ3) is 1.94. The minimum absolute atomic E-state index is 0.0683. The summed E-state index contributed by atoms with van der Waals surface area (Å²) in [5.74, 6) is -0.643. The van der Waals surface area contributed by atoms with Gasteiger partial charge >= 0.3 is 0 Å². The quantitative estimate of drug-likeness (QED) is 0.682. The number of methoxy groups -OCH3 is 2. The normalized spacial score (nSPS) is 14.4.